The molecule has 20 heavy (non-hydrogen) atoms. The van der Waals surface area contributed by atoms with E-state index in [0.29, 0.717) is 15.8 Å². The first-order valence-electron chi connectivity index (χ1n) is 6.09. The second-order valence-electron chi connectivity index (χ2n) is 4.56. The van der Waals surface area contributed by atoms with Gasteiger partial charge >= 0.3 is 0 Å². The Balaban J connectivity index is 2.57. The van der Waals surface area contributed by atoms with Crippen LogP contribution in [-0.4, -0.2) is 12.9 Å². The Kier molecular flexibility index (Phi) is 4.23. The highest BCUT2D eigenvalue weighted by atomic mass is 79.9. The van der Waals surface area contributed by atoms with Crippen molar-refractivity contribution in [2.75, 3.05) is 7.11 Å². The predicted molar refractivity (Wildman–Crippen MR) is 80.0 cm³/mol. The van der Waals surface area contributed by atoms with Crippen LogP contribution in [0, 0.1) is 19.7 Å². The van der Waals surface area contributed by atoms with Gasteiger partial charge in [0.1, 0.15) is 11.6 Å². The Morgan fingerprint density at radius 3 is 2.50 bits per heavy atom. The van der Waals surface area contributed by atoms with Crippen LogP contribution in [0.5, 0.6) is 5.75 Å². The first-order chi connectivity index (χ1) is 9.45. The molecule has 0 aliphatic carbocycles. The van der Waals surface area contributed by atoms with Crippen molar-refractivity contribution in [2.45, 2.75) is 13.8 Å². The third kappa shape index (κ3) is 2.61. The molecule has 0 heterocycles. The van der Waals surface area contributed by atoms with Crippen LogP contribution in [0.3, 0.4) is 0 Å². The summed E-state index contributed by atoms with van der Waals surface area (Å²) in [6.07, 6.45) is 0. The van der Waals surface area contributed by atoms with E-state index in [0.717, 1.165) is 11.1 Å². The molecule has 0 atom stereocenters. The van der Waals surface area contributed by atoms with Crippen molar-refractivity contribution in [1.29, 1.82) is 0 Å². The van der Waals surface area contributed by atoms with E-state index in [2.05, 4.69) is 15.9 Å². The van der Waals surface area contributed by atoms with Crippen LogP contribution < -0.4 is 4.74 Å². The van der Waals surface area contributed by atoms with Crippen LogP contribution in [0.1, 0.15) is 27.0 Å². The van der Waals surface area contributed by atoms with Crippen molar-refractivity contribution in [1.82, 2.24) is 0 Å². The molecule has 4 heteroatoms. The van der Waals surface area contributed by atoms with Crippen molar-refractivity contribution in [3.8, 4) is 5.75 Å². The van der Waals surface area contributed by atoms with Gasteiger partial charge in [0.25, 0.3) is 0 Å². The number of ketones is 1. The standard InChI is InChI=1S/C16H14BrFO2/c1-9-8-14(20-3)10(2)7-11(9)16(19)15-12(17)5-4-6-13(15)18/h4-8H,1-3H3. The van der Waals surface area contributed by atoms with Crippen molar-refractivity contribution in [3.63, 3.8) is 0 Å². The summed E-state index contributed by atoms with van der Waals surface area (Å²) < 4.78 is 19.6. The Morgan fingerprint density at radius 1 is 1.20 bits per heavy atom. The maximum atomic E-state index is 13.9. The molecular formula is C16H14BrFO2. The van der Waals surface area contributed by atoms with Crippen LogP contribution in [0.2, 0.25) is 0 Å². The Hall–Kier alpha value is -1.68. The average molecular weight is 337 g/mol. The van der Waals surface area contributed by atoms with Gasteiger partial charge in [0, 0.05) is 10.0 Å². The van der Waals surface area contributed by atoms with Crippen LogP contribution in [0.15, 0.2) is 34.8 Å². The normalized spacial score (nSPS) is 10.4. The number of aryl methyl sites for hydroxylation is 2. The van der Waals surface area contributed by atoms with Crippen molar-refractivity contribution in [2.24, 2.45) is 0 Å². The van der Waals surface area contributed by atoms with E-state index in [1.165, 1.54) is 6.07 Å². The van der Waals surface area contributed by atoms with Gasteiger partial charge < -0.3 is 4.74 Å². The van der Waals surface area contributed by atoms with Crippen molar-refractivity contribution in [3.05, 3.63) is 62.9 Å². The summed E-state index contributed by atoms with van der Waals surface area (Å²) in [7, 11) is 1.58. The van der Waals surface area contributed by atoms with Crippen LogP contribution in [-0.2, 0) is 0 Å². The fourth-order valence-corrected chi connectivity index (χ4v) is 2.63. The maximum Gasteiger partial charge on any atom is 0.197 e. The van der Waals surface area contributed by atoms with E-state index < -0.39 is 5.82 Å². The molecule has 0 bridgehead atoms. The molecule has 2 rings (SSSR count). The number of halogens is 2. The topological polar surface area (TPSA) is 26.3 Å². The fraction of sp³-hybridized carbons (Fsp3) is 0.188. The van der Waals surface area contributed by atoms with Gasteiger partial charge in [-0.3, -0.25) is 4.79 Å². The fourth-order valence-electron chi connectivity index (χ4n) is 2.10. The van der Waals surface area contributed by atoms with E-state index in [9.17, 15) is 9.18 Å². The number of ether oxygens (including phenoxy) is 1. The molecule has 0 amide bonds. The molecule has 0 aliphatic heterocycles. The lowest BCUT2D eigenvalue weighted by molar-refractivity contribution is 0.103. The van der Waals surface area contributed by atoms with Gasteiger partial charge in [0.05, 0.1) is 12.7 Å². The van der Waals surface area contributed by atoms with E-state index in [-0.39, 0.29) is 11.3 Å². The summed E-state index contributed by atoms with van der Waals surface area (Å²) in [5, 5.41) is 0. The number of carbonyl (C=O) groups excluding carboxylic acids is 1. The second-order valence-corrected chi connectivity index (χ2v) is 5.42. The molecule has 0 aromatic heterocycles. The summed E-state index contributed by atoms with van der Waals surface area (Å²) in [6.45, 7) is 3.66. The molecule has 104 valence electrons. The number of carbonyl (C=O) groups is 1. The second kappa shape index (κ2) is 5.75. The molecule has 0 radical (unpaired) electrons. The molecule has 0 saturated carbocycles. The molecule has 0 N–H and O–H groups in total. The zero-order valence-electron chi connectivity index (χ0n) is 11.5. The minimum atomic E-state index is -0.530. The molecule has 0 unspecified atom stereocenters. The number of benzene rings is 2. The monoisotopic (exact) mass is 336 g/mol. The predicted octanol–water partition coefficient (Wildman–Crippen LogP) is 4.44. The lowest BCUT2D eigenvalue weighted by Crippen LogP contribution is -2.08. The Morgan fingerprint density at radius 2 is 1.90 bits per heavy atom. The Bertz CT molecular complexity index is 660. The largest absolute Gasteiger partial charge is 0.496 e. The van der Waals surface area contributed by atoms with Crippen molar-refractivity contribution < 1.29 is 13.9 Å². The van der Waals surface area contributed by atoms with E-state index in [1.54, 1.807) is 31.4 Å². The summed E-state index contributed by atoms with van der Waals surface area (Å²) >= 11 is 3.23. The third-order valence-electron chi connectivity index (χ3n) is 3.18. The number of rotatable bonds is 3. The van der Waals surface area contributed by atoms with Gasteiger partial charge in [-0.05, 0) is 65.2 Å². The zero-order chi connectivity index (χ0) is 14.9. The van der Waals surface area contributed by atoms with Crippen molar-refractivity contribution >= 4 is 21.7 Å². The van der Waals surface area contributed by atoms with Gasteiger partial charge in [-0.15, -0.1) is 0 Å². The first kappa shape index (κ1) is 14.7. The SMILES string of the molecule is COc1cc(C)c(C(=O)c2c(F)cccc2Br)cc1C. The molecule has 2 aromatic carbocycles. The average Bonchev–Trinajstić information content (AvgIpc) is 2.40. The van der Waals surface area contributed by atoms with E-state index >= 15 is 0 Å². The van der Waals surface area contributed by atoms with Gasteiger partial charge in [-0.1, -0.05) is 6.07 Å². The quantitative estimate of drug-likeness (QED) is 0.774. The van der Waals surface area contributed by atoms with E-state index in [1.807, 2.05) is 13.8 Å². The maximum absolute atomic E-state index is 13.9. The molecular weight excluding hydrogens is 323 g/mol. The molecule has 0 saturated heterocycles. The highest BCUT2D eigenvalue weighted by molar-refractivity contribution is 9.10. The van der Waals surface area contributed by atoms with E-state index in [4.69, 9.17) is 4.74 Å². The smallest absolute Gasteiger partial charge is 0.197 e. The molecule has 2 nitrogen and oxygen atoms in total. The molecule has 0 spiro atoms. The molecule has 2 aromatic rings. The molecule has 0 aliphatic rings. The van der Waals surface area contributed by atoms with Gasteiger partial charge in [0.15, 0.2) is 5.78 Å². The summed E-state index contributed by atoms with van der Waals surface area (Å²) in [4.78, 5) is 12.5. The van der Waals surface area contributed by atoms with Gasteiger partial charge in [-0.2, -0.15) is 0 Å². The number of hydrogen-bond donors (Lipinski definition) is 0. The zero-order valence-corrected chi connectivity index (χ0v) is 13.0. The van der Waals surface area contributed by atoms with Crippen LogP contribution in [0.25, 0.3) is 0 Å². The lowest BCUT2D eigenvalue weighted by Gasteiger charge is -2.12. The third-order valence-corrected chi connectivity index (χ3v) is 3.84. The highest BCUT2D eigenvalue weighted by Gasteiger charge is 2.20. The number of methoxy groups -OCH3 is 1. The highest BCUT2D eigenvalue weighted by Crippen LogP contribution is 2.28. The first-order valence-corrected chi connectivity index (χ1v) is 6.89. The Labute approximate surface area is 125 Å². The lowest BCUT2D eigenvalue weighted by atomic mass is 9.96. The summed E-state index contributed by atoms with van der Waals surface area (Å²) in [6, 6.07) is 8.01. The minimum absolute atomic E-state index is 0.0557. The summed E-state index contributed by atoms with van der Waals surface area (Å²) in [5.74, 6) is -0.151. The minimum Gasteiger partial charge on any atom is -0.496 e. The summed E-state index contributed by atoms with van der Waals surface area (Å²) in [5.41, 5.74) is 2.13. The van der Waals surface area contributed by atoms with Crippen LogP contribution >= 0.6 is 15.9 Å². The van der Waals surface area contributed by atoms with Gasteiger partial charge in [0.2, 0.25) is 0 Å². The molecule has 0 fully saturated rings. The van der Waals surface area contributed by atoms with Crippen LogP contribution in [0.4, 0.5) is 4.39 Å². The van der Waals surface area contributed by atoms with Gasteiger partial charge in [-0.25, -0.2) is 4.39 Å². The number of hydrogen-bond acceptors (Lipinski definition) is 2.